The van der Waals surface area contributed by atoms with Crippen molar-refractivity contribution in [1.82, 2.24) is 15.1 Å². The second-order valence-corrected chi connectivity index (χ2v) is 6.86. The van der Waals surface area contributed by atoms with Gasteiger partial charge >= 0.3 is 0 Å². The summed E-state index contributed by atoms with van der Waals surface area (Å²) in [4.78, 5) is 17.3. The van der Waals surface area contributed by atoms with Crippen LogP contribution in [-0.4, -0.2) is 61.0 Å². The lowest BCUT2D eigenvalue weighted by Gasteiger charge is -2.42. The highest BCUT2D eigenvalue weighted by atomic mass is 35.5. The van der Waals surface area contributed by atoms with Crippen molar-refractivity contribution in [3.05, 3.63) is 0 Å². The van der Waals surface area contributed by atoms with E-state index < -0.39 is 0 Å². The Balaban J connectivity index is 0.00000121. The molecule has 6 heteroatoms. The van der Waals surface area contributed by atoms with Crippen molar-refractivity contribution in [2.75, 3.05) is 39.3 Å². The van der Waals surface area contributed by atoms with Gasteiger partial charge in [0.1, 0.15) is 0 Å². The van der Waals surface area contributed by atoms with Crippen LogP contribution in [0.5, 0.6) is 0 Å². The topological polar surface area (TPSA) is 35.6 Å². The van der Waals surface area contributed by atoms with Gasteiger partial charge in [-0.05, 0) is 57.8 Å². The summed E-state index contributed by atoms with van der Waals surface area (Å²) in [6.45, 7) is 8.68. The minimum atomic E-state index is 0. The number of piperidine rings is 2. The van der Waals surface area contributed by atoms with E-state index in [9.17, 15) is 4.79 Å². The molecule has 0 aromatic heterocycles. The first-order chi connectivity index (χ1) is 9.75. The third-order valence-corrected chi connectivity index (χ3v) is 5.59. The molecular weight excluding hydrogens is 321 g/mol. The Morgan fingerprint density at radius 2 is 1.59 bits per heavy atom. The van der Waals surface area contributed by atoms with Gasteiger partial charge in [0.25, 0.3) is 0 Å². The summed E-state index contributed by atoms with van der Waals surface area (Å²) in [6.07, 6.45) is 6.50. The van der Waals surface area contributed by atoms with E-state index in [1.807, 2.05) is 0 Å². The fourth-order valence-corrected chi connectivity index (χ4v) is 3.89. The molecule has 0 spiro atoms. The third kappa shape index (κ3) is 4.50. The highest BCUT2D eigenvalue weighted by Gasteiger charge is 2.34. The van der Waals surface area contributed by atoms with Crippen molar-refractivity contribution in [1.29, 1.82) is 0 Å². The van der Waals surface area contributed by atoms with Crippen LogP contribution in [0.15, 0.2) is 0 Å². The molecule has 1 atom stereocenters. The van der Waals surface area contributed by atoms with Gasteiger partial charge in [-0.25, -0.2) is 0 Å². The highest BCUT2D eigenvalue weighted by Crippen LogP contribution is 2.24. The van der Waals surface area contributed by atoms with E-state index in [1.54, 1.807) is 0 Å². The maximum atomic E-state index is 12.5. The average Bonchev–Trinajstić information content (AvgIpc) is 2.46. The molecule has 1 amide bonds. The normalized spacial score (nSPS) is 25.6. The highest BCUT2D eigenvalue weighted by molar-refractivity contribution is 5.85. The Labute approximate surface area is 147 Å². The molecule has 3 fully saturated rings. The van der Waals surface area contributed by atoms with Gasteiger partial charge in [0.15, 0.2) is 0 Å². The SMILES string of the molecule is CC(C(=O)N1CCC(N2CCCCC2)CC1)C1CNC1.Cl.Cl. The zero-order valence-electron chi connectivity index (χ0n) is 13.6. The molecule has 130 valence electrons. The van der Waals surface area contributed by atoms with Crippen LogP contribution < -0.4 is 5.32 Å². The molecule has 3 aliphatic rings. The first kappa shape index (κ1) is 20.0. The summed E-state index contributed by atoms with van der Waals surface area (Å²) >= 11 is 0. The van der Waals surface area contributed by atoms with Crippen LogP contribution in [-0.2, 0) is 4.79 Å². The Morgan fingerprint density at radius 3 is 2.09 bits per heavy atom. The molecule has 3 rings (SSSR count). The Bertz CT molecular complexity index is 338. The van der Waals surface area contributed by atoms with Crippen molar-refractivity contribution < 1.29 is 4.79 Å². The molecular formula is C16H31Cl2N3O. The Morgan fingerprint density at radius 1 is 1.00 bits per heavy atom. The third-order valence-electron chi connectivity index (χ3n) is 5.59. The van der Waals surface area contributed by atoms with Crippen LogP contribution in [0, 0.1) is 11.8 Å². The van der Waals surface area contributed by atoms with Gasteiger partial charge in [-0.15, -0.1) is 24.8 Å². The number of likely N-dealkylation sites (tertiary alicyclic amines) is 2. The van der Waals surface area contributed by atoms with E-state index in [-0.39, 0.29) is 30.7 Å². The Hall–Kier alpha value is -0.0300. The van der Waals surface area contributed by atoms with E-state index in [0.717, 1.165) is 32.2 Å². The first-order valence-electron chi connectivity index (χ1n) is 8.49. The maximum Gasteiger partial charge on any atom is 0.225 e. The largest absolute Gasteiger partial charge is 0.342 e. The molecule has 0 saturated carbocycles. The van der Waals surface area contributed by atoms with Crippen molar-refractivity contribution in [2.24, 2.45) is 11.8 Å². The summed E-state index contributed by atoms with van der Waals surface area (Å²) < 4.78 is 0. The molecule has 0 aromatic rings. The number of rotatable bonds is 3. The van der Waals surface area contributed by atoms with Gasteiger partial charge in [0.05, 0.1) is 0 Å². The molecule has 3 heterocycles. The number of carbonyl (C=O) groups is 1. The number of hydrogen-bond acceptors (Lipinski definition) is 3. The molecule has 3 saturated heterocycles. The van der Waals surface area contributed by atoms with Gasteiger partial charge < -0.3 is 15.1 Å². The van der Waals surface area contributed by atoms with Crippen molar-refractivity contribution in [3.8, 4) is 0 Å². The second kappa shape index (κ2) is 9.31. The lowest BCUT2D eigenvalue weighted by Crippen LogP contribution is -2.53. The number of nitrogens with one attached hydrogen (secondary N) is 1. The zero-order chi connectivity index (χ0) is 13.9. The number of nitrogens with zero attached hydrogens (tertiary/aromatic N) is 2. The van der Waals surface area contributed by atoms with Crippen LogP contribution in [0.1, 0.15) is 39.0 Å². The molecule has 4 nitrogen and oxygen atoms in total. The lowest BCUT2D eigenvalue weighted by atomic mass is 9.87. The standard InChI is InChI=1S/C16H29N3O.2ClH/c1-13(14-11-17-12-14)16(20)19-9-5-15(6-10-19)18-7-3-2-4-8-18;;/h13-15,17H,2-12H2,1H3;2*1H. The minimum absolute atomic E-state index is 0. The fraction of sp³-hybridized carbons (Fsp3) is 0.938. The van der Waals surface area contributed by atoms with Gasteiger partial charge in [0, 0.05) is 25.0 Å². The summed E-state index contributed by atoms with van der Waals surface area (Å²) in [5.41, 5.74) is 0. The number of carbonyl (C=O) groups excluding carboxylic acids is 1. The molecule has 1 N–H and O–H groups in total. The van der Waals surface area contributed by atoms with Crippen LogP contribution in [0.25, 0.3) is 0 Å². The summed E-state index contributed by atoms with van der Waals surface area (Å²) in [5.74, 6) is 1.18. The molecule has 0 aromatic carbocycles. The fourth-order valence-electron chi connectivity index (χ4n) is 3.89. The first-order valence-corrected chi connectivity index (χ1v) is 8.49. The van der Waals surface area contributed by atoms with Crippen molar-refractivity contribution >= 4 is 30.7 Å². The van der Waals surface area contributed by atoms with Gasteiger partial charge in [0.2, 0.25) is 5.91 Å². The van der Waals surface area contributed by atoms with Crippen LogP contribution in [0.2, 0.25) is 0 Å². The molecule has 22 heavy (non-hydrogen) atoms. The molecule has 1 unspecified atom stereocenters. The van der Waals surface area contributed by atoms with Crippen LogP contribution in [0.3, 0.4) is 0 Å². The molecule has 0 radical (unpaired) electrons. The molecule has 0 bridgehead atoms. The van der Waals surface area contributed by atoms with E-state index in [1.165, 1.54) is 45.2 Å². The molecule has 3 aliphatic heterocycles. The quantitative estimate of drug-likeness (QED) is 0.846. The number of halogens is 2. The number of amides is 1. The minimum Gasteiger partial charge on any atom is -0.342 e. The summed E-state index contributed by atoms with van der Waals surface area (Å²) in [5, 5.41) is 3.27. The van der Waals surface area contributed by atoms with Crippen LogP contribution in [0.4, 0.5) is 0 Å². The van der Waals surface area contributed by atoms with Crippen LogP contribution >= 0.6 is 24.8 Å². The second-order valence-electron chi connectivity index (χ2n) is 6.86. The van der Waals surface area contributed by atoms with Crippen molar-refractivity contribution in [3.63, 3.8) is 0 Å². The van der Waals surface area contributed by atoms with E-state index in [0.29, 0.717) is 11.8 Å². The predicted molar refractivity (Wildman–Crippen MR) is 95.0 cm³/mol. The average molecular weight is 352 g/mol. The van der Waals surface area contributed by atoms with Gasteiger partial charge in [-0.2, -0.15) is 0 Å². The maximum absolute atomic E-state index is 12.5. The monoisotopic (exact) mass is 351 g/mol. The predicted octanol–water partition coefficient (Wildman–Crippen LogP) is 2.16. The van der Waals surface area contributed by atoms with Crippen molar-refractivity contribution in [2.45, 2.75) is 45.1 Å². The van der Waals surface area contributed by atoms with E-state index >= 15 is 0 Å². The van der Waals surface area contributed by atoms with Gasteiger partial charge in [-0.1, -0.05) is 13.3 Å². The summed E-state index contributed by atoms with van der Waals surface area (Å²) in [6, 6.07) is 0.736. The smallest absolute Gasteiger partial charge is 0.225 e. The van der Waals surface area contributed by atoms with Gasteiger partial charge in [-0.3, -0.25) is 4.79 Å². The Kier molecular flexibility index (Phi) is 8.47. The van der Waals surface area contributed by atoms with E-state index in [2.05, 4.69) is 22.0 Å². The van der Waals surface area contributed by atoms with E-state index in [4.69, 9.17) is 0 Å². The molecule has 0 aliphatic carbocycles. The summed E-state index contributed by atoms with van der Waals surface area (Å²) in [7, 11) is 0. The lowest BCUT2D eigenvalue weighted by molar-refractivity contribution is -0.139. The zero-order valence-corrected chi connectivity index (χ0v) is 15.3. The number of hydrogen-bond donors (Lipinski definition) is 1.